The van der Waals surface area contributed by atoms with Gasteiger partial charge in [0.05, 0.1) is 5.54 Å². The molecule has 0 aromatic carbocycles. The van der Waals surface area contributed by atoms with Crippen LogP contribution in [0, 0.1) is 11.8 Å². The standard InChI is InChI=1S/C13H24N2O3/c1-9(7-11(16)17)10-5-4-6-15(8-10)12(18)13(2,3)14/h9-10H,4-8,14H2,1-3H3,(H,16,17). The van der Waals surface area contributed by atoms with Crippen LogP contribution in [0.2, 0.25) is 0 Å². The predicted octanol–water partition coefficient (Wildman–Crippen LogP) is 1.07. The van der Waals surface area contributed by atoms with Gasteiger partial charge < -0.3 is 15.7 Å². The van der Waals surface area contributed by atoms with E-state index in [-0.39, 0.29) is 24.2 Å². The third-order valence-electron chi connectivity index (χ3n) is 3.60. The Labute approximate surface area is 108 Å². The largest absolute Gasteiger partial charge is 0.481 e. The van der Waals surface area contributed by atoms with E-state index in [1.165, 1.54) is 0 Å². The number of rotatable bonds is 4. The highest BCUT2D eigenvalue weighted by Gasteiger charge is 2.33. The molecule has 0 spiro atoms. The summed E-state index contributed by atoms with van der Waals surface area (Å²) in [6, 6.07) is 0. The van der Waals surface area contributed by atoms with Crippen molar-refractivity contribution in [2.75, 3.05) is 13.1 Å². The van der Waals surface area contributed by atoms with Crippen molar-refractivity contribution in [3.8, 4) is 0 Å². The van der Waals surface area contributed by atoms with Gasteiger partial charge in [0, 0.05) is 19.5 Å². The zero-order chi connectivity index (χ0) is 13.9. The highest BCUT2D eigenvalue weighted by molar-refractivity contribution is 5.85. The number of aliphatic carboxylic acids is 1. The lowest BCUT2D eigenvalue weighted by Crippen LogP contribution is -2.54. The van der Waals surface area contributed by atoms with E-state index in [4.69, 9.17) is 10.8 Å². The molecule has 5 heteroatoms. The molecule has 1 saturated heterocycles. The molecule has 1 rings (SSSR count). The molecule has 1 fully saturated rings. The van der Waals surface area contributed by atoms with Crippen molar-refractivity contribution >= 4 is 11.9 Å². The van der Waals surface area contributed by atoms with E-state index < -0.39 is 11.5 Å². The fourth-order valence-corrected chi connectivity index (χ4v) is 2.51. The first-order chi connectivity index (χ1) is 8.21. The van der Waals surface area contributed by atoms with Crippen molar-refractivity contribution in [1.29, 1.82) is 0 Å². The van der Waals surface area contributed by atoms with Crippen LogP contribution in [-0.2, 0) is 9.59 Å². The average Bonchev–Trinajstić information content (AvgIpc) is 2.26. The van der Waals surface area contributed by atoms with E-state index in [0.29, 0.717) is 6.54 Å². The molecule has 0 radical (unpaired) electrons. The molecule has 0 saturated carbocycles. The first-order valence-corrected chi connectivity index (χ1v) is 6.52. The number of hydrogen-bond acceptors (Lipinski definition) is 3. The number of nitrogens with zero attached hydrogens (tertiary/aromatic N) is 1. The van der Waals surface area contributed by atoms with Gasteiger partial charge >= 0.3 is 5.97 Å². The van der Waals surface area contributed by atoms with Crippen LogP contribution in [0.3, 0.4) is 0 Å². The van der Waals surface area contributed by atoms with Crippen LogP contribution in [0.15, 0.2) is 0 Å². The molecule has 0 aromatic rings. The minimum Gasteiger partial charge on any atom is -0.481 e. The van der Waals surface area contributed by atoms with Gasteiger partial charge in [0.25, 0.3) is 0 Å². The van der Waals surface area contributed by atoms with Gasteiger partial charge in [-0.3, -0.25) is 9.59 Å². The van der Waals surface area contributed by atoms with Gasteiger partial charge in [-0.2, -0.15) is 0 Å². The van der Waals surface area contributed by atoms with Gasteiger partial charge in [-0.05, 0) is 38.5 Å². The van der Waals surface area contributed by atoms with E-state index >= 15 is 0 Å². The zero-order valence-electron chi connectivity index (χ0n) is 11.5. The second-order valence-corrected chi connectivity index (χ2v) is 5.95. The Morgan fingerprint density at radius 3 is 2.61 bits per heavy atom. The summed E-state index contributed by atoms with van der Waals surface area (Å²) in [5.41, 5.74) is 4.98. The van der Waals surface area contributed by atoms with Gasteiger partial charge in [0.2, 0.25) is 5.91 Å². The number of carboxylic acid groups (broad SMARTS) is 1. The molecule has 1 aliphatic rings. The van der Waals surface area contributed by atoms with E-state index in [1.54, 1.807) is 18.7 Å². The summed E-state index contributed by atoms with van der Waals surface area (Å²) in [5.74, 6) is -0.458. The van der Waals surface area contributed by atoms with E-state index in [1.807, 2.05) is 6.92 Å². The molecule has 0 aromatic heterocycles. The van der Waals surface area contributed by atoms with E-state index in [2.05, 4.69) is 0 Å². The summed E-state index contributed by atoms with van der Waals surface area (Å²) in [7, 11) is 0. The third-order valence-corrected chi connectivity index (χ3v) is 3.60. The van der Waals surface area contributed by atoms with Crippen LogP contribution in [0.4, 0.5) is 0 Å². The Bertz CT molecular complexity index is 323. The molecule has 104 valence electrons. The topological polar surface area (TPSA) is 83.6 Å². The summed E-state index contributed by atoms with van der Waals surface area (Å²) in [4.78, 5) is 24.6. The Morgan fingerprint density at radius 2 is 2.11 bits per heavy atom. The maximum absolute atomic E-state index is 12.1. The lowest BCUT2D eigenvalue weighted by molar-refractivity contribution is -0.139. The summed E-state index contributed by atoms with van der Waals surface area (Å²) < 4.78 is 0. The summed E-state index contributed by atoms with van der Waals surface area (Å²) >= 11 is 0. The Hall–Kier alpha value is -1.10. The van der Waals surface area contributed by atoms with Crippen molar-refractivity contribution < 1.29 is 14.7 Å². The summed E-state index contributed by atoms with van der Waals surface area (Å²) in [6.45, 7) is 6.73. The van der Waals surface area contributed by atoms with E-state index in [0.717, 1.165) is 19.4 Å². The maximum Gasteiger partial charge on any atom is 0.303 e. The quantitative estimate of drug-likeness (QED) is 0.788. The first-order valence-electron chi connectivity index (χ1n) is 6.52. The van der Waals surface area contributed by atoms with Gasteiger partial charge in [0.15, 0.2) is 0 Å². The Balaban J connectivity index is 2.61. The second-order valence-electron chi connectivity index (χ2n) is 5.95. The second kappa shape index (κ2) is 5.69. The summed E-state index contributed by atoms with van der Waals surface area (Å²) in [6.07, 6.45) is 2.08. The normalized spacial score (nSPS) is 22.7. The number of carbonyl (C=O) groups excluding carboxylic acids is 1. The molecule has 2 atom stereocenters. The Morgan fingerprint density at radius 1 is 1.50 bits per heavy atom. The lowest BCUT2D eigenvalue weighted by atomic mass is 9.84. The fourth-order valence-electron chi connectivity index (χ4n) is 2.51. The molecule has 1 aliphatic heterocycles. The molecule has 5 nitrogen and oxygen atoms in total. The van der Waals surface area contributed by atoms with Crippen molar-refractivity contribution in [1.82, 2.24) is 4.90 Å². The van der Waals surface area contributed by atoms with Crippen LogP contribution in [0.5, 0.6) is 0 Å². The molecule has 0 bridgehead atoms. The van der Waals surface area contributed by atoms with Crippen LogP contribution < -0.4 is 5.73 Å². The van der Waals surface area contributed by atoms with Gasteiger partial charge in [0.1, 0.15) is 0 Å². The van der Waals surface area contributed by atoms with Crippen LogP contribution in [0.25, 0.3) is 0 Å². The number of carbonyl (C=O) groups is 2. The molecule has 2 unspecified atom stereocenters. The van der Waals surface area contributed by atoms with Crippen molar-refractivity contribution in [3.63, 3.8) is 0 Å². The Kier molecular flexibility index (Phi) is 4.73. The molecule has 18 heavy (non-hydrogen) atoms. The molecule has 3 N–H and O–H groups in total. The smallest absolute Gasteiger partial charge is 0.303 e. The van der Waals surface area contributed by atoms with Gasteiger partial charge in [-0.1, -0.05) is 6.92 Å². The van der Waals surface area contributed by atoms with Gasteiger partial charge in [-0.15, -0.1) is 0 Å². The first kappa shape index (κ1) is 15.0. The van der Waals surface area contributed by atoms with Crippen LogP contribution in [-0.4, -0.2) is 40.5 Å². The van der Waals surface area contributed by atoms with Crippen molar-refractivity contribution in [3.05, 3.63) is 0 Å². The monoisotopic (exact) mass is 256 g/mol. The molecule has 0 aliphatic carbocycles. The molecule has 1 heterocycles. The number of likely N-dealkylation sites (tertiary alicyclic amines) is 1. The zero-order valence-corrected chi connectivity index (χ0v) is 11.5. The number of amides is 1. The number of piperidine rings is 1. The SMILES string of the molecule is CC(CC(=O)O)C1CCCN(C(=O)C(C)(C)N)C1. The predicted molar refractivity (Wildman–Crippen MR) is 69.0 cm³/mol. The molecule has 1 amide bonds. The minimum atomic E-state index is -0.849. The minimum absolute atomic E-state index is 0.0466. The molecular formula is C13H24N2O3. The van der Waals surface area contributed by atoms with Crippen LogP contribution >= 0.6 is 0 Å². The van der Waals surface area contributed by atoms with Crippen molar-refractivity contribution in [2.24, 2.45) is 17.6 Å². The lowest BCUT2D eigenvalue weighted by Gasteiger charge is -2.38. The highest BCUT2D eigenvalue weighted by Crippen LogP contribution is 2.27. The fraction of sp³-hybridized carbons (Fsp3) is 0.846. The van der Waals surface area contributed by atoms with Crippen molar-refractivity contribution in [2.45, 2.75) is 45.6 Å². The third kappa shape index (κ3) is 3.98. The number of hydrogen-bond donors (Lipinski definition) is 2. The highest BCUT2D eigenvalue weighted by atomic mass is 16.4. The maximum atomic E-state index is 12.1. The molecular weight excluding hydrogens is 232 g/mol. The van der Waals surface area contributed by atoms with Gasteiger partial charge in [-0.25, -0.2) is 0 Å². The number of nitrogens with two attached hydrogens (primary N) is 1. The average molecular weight is 256 g/mol. The number of carboxylic acids is 1. The van der Waals surface area contributed by atoms with Crippen LogP contribution in [0.1, 0.15) is 40.0 Å². The summed E-state index contributed by atoms with van der Waals surface area (Å²) in [5, 5.41) is 8.82. The van der Waals surface area contributed by atoms with E-state index in [9.17, 15) is 9.59 Å².